The molecule has 0 saturated carbocycles. The molecule has 0 aromatic rings. The molecule has 0 rings (SSSR count). The first-order valence-electron chi connectivity index (χ1n) is 4.23. The number of hydrogen-bond donors (Lipinski definition) is 0. The quantitative estimate of drug-likeness (QED) is 0.487. The highest BCUT2D eigenvalue weighted by molar-refractivity contribution is 6.32. The van der Waals surface area contributed by atoms with E-state index in [0.717, 1.165) is 17.4 Å². The Morgan fingerprint density at radius 1 is 1.54 bits per heavy atom. The Balaban J connectivity index is 4.24. The molecule has 0 aromatic heterocycles. The van der Waals surface area contributed by atoms with Crippen molar-refractivity contribution in [2.24, 2.45) is 0 Å². The lowest BCUT2D eigenvalue weighted by Crippen LogP contribution is -1.84. The van der Waals surface area contributed by atoms with Crippen LogP contribution in [0.5, 0.6) is 0 Å². The predicted octanol–water partition coefficient (Wildman–Crippen LogP) is 3.61. The number of carbonyl (C=O) groups excluding carboxylic acids is 1. The van der Waals surface area contributed by atoms with E-state index < -0.39 is 0 Å². The van der Waals surface area contributed by atoms with Crippen LogP contribution in [0.4, 0.5) is 0 Å². The fourth-order valence-electron chi connectivity index (χ4n) is 0.738. The third-order valence-electron chi connectivity index (χ3n) is 1.71. The predicted molar refractivity (Wildman–Crippen MR) is 57.8 cm³/mol. The summed E-state index contributed by atoms with van der Waals surface area (Å²) in [6.07, 6.45) is 5.82. The van der Waals surface area contributed by atoms with Gasteiger partial charge in [-0.05, 0) is 31.9 Å². The van der Waals surface area contributed by atoms with Gasteiger partial charge in [-0.2, -0.15) is 0 Å². The lowest BCUT2D eigenvalue weighted by molar-refractivity contribution is -0.107. The molecule has 0 amide bonds. The molecule has 0 aromatic carbocycles. The normalized spacial score (nSPS) is 12.8. The van der Waals surface area contributed by atoms with Gasteiger partial charge in [0.15, 0.2) is 0 Å². The van der Waals surface area contributed by atoms with Crippen LogP contribution in [0.25, 0.3) is 0 Å². The van der Waals surface area contributed by atoms with Crippen LogP contribution in [0.1, 0.15) is 26.7 Å². The standard InChI is InChI=1S/C11H15ClO/c1-4-9(2)8-11(12)10(3)6-5-7-13/h4,7-8H,3,5-6H2,1-2H3/b9-4-,11-8+. The van der Waals surface area contributed by atoms with Gasteiger partial charge in [-0.25, -0.2) is 0 Å². The molecule has 0 bridgehead atoms. The summed E-state index contributed by atoms with van der Waals surface area (Å²) in [6, 6.07) is 0. The minimum atomic E-state index is 0.484. The van der Waals surface area contributed by atoms with Crippen LogP contribution in [0.2, 0.25) is 0 Å². The zero-order chi connectivity index (χ0) is 10.3. The molecule has 1 nitrogen and oxygen atoms in total. The first-order valence-corrected chi connectivity index (χ1v) is 4.61. The highest BCUT2D eigenvalue weighted by atomic mass is 35.5. The van der Waals surface area contributed by atoms with Gasteiger partial charge in [0.1, 0.15) is 6.29 Å². The summed E-state index contributed by atoms with van der Waals surface area (Å²) in [5.74, 6) is 0. The summed E-state index contributed by atoms with van der Waals surface area (Å²) in [6.45, 7) is 7.71. The van der Waals surface area contributed by atoms with Crippen molar-refractivity contribution in [1.29, 1.82) is 0 Å². The van der Waals surface area contributed by atoms with E-state index >= 15 is 0 Å². The van der Waals surface area contributed by atoms with Crippen LogP contribution in [0.3, 0.4) is 0 Å². The molecular weight excluding hydrogens is 184 g/mol. The molecule has 0 heterocycles. The second kappa shape index (κ2) is 6.67. The number of carbonyl (C=O) groups is 1. The molecule has 0 aliphatic heterocycles. The molecule has 0 aliphatic rings. The topological polar surface area (TPSA) is 17.1 Å². The minimum absolute atomic E-state index is 0.484. The monoisotopic (exact) mass is 198 g/mol. The van der Waals surface area contributed by atoms with Gasteiger partial charge in [0.05, 0.1) is 0 Å². The Hall–Kier alpha value is -0.820. The van der Waals surface area contributed by atoms with Crippen molar-refractivity contribution in [2.45, 2.75) is 26.7 Å². The average Bonchev–Trinajstić information content (AvgIpc) is 2.13. The Kier molecular flexibility index (Phi) is 6.25. The van der Waals surface area contributed by atoms with Crippen LogP contribution in [0, 0.1) is 0 Å². The van der Waals surface area contributed by atoms with Crippen molar-refractivity contribution in [3.8, 4) is 0 Å². The van der Waals surface area contributed by atoms with Crippen molar-refractivity contribution >= 4 is 17.9 Å². The summed E-state index contributed by atoms with van der Waals surface area (Å²) in [4.78, 5) is 10.1. The molecule has 0 N–H and O–H groups in total. The SMILES string of the molecule is C=C(CCC=O)/C(Cl)=C\C(C)=C/C. The van der Waals surface area contributed by atoms with Gasteiger partial charge >= 0.3 is 0 Å². The van der Waals surface area contributed by atoms with Gasteiger partial charge < -0.3 is 4.79 Å². The van der Waals surface area contributed by atoms with Crippen molar-refractivity contribution in [1.82, 2.24) is 0 Å². The molecule has 0 atom stereocenters. The van der Waals surface area contributed by atoms with Crippen molar-refractivity contribution in [3.63, 3.8) is 0 Å². The largest absolute Gasteiger partial charge is 0.303 e. The molecule has 0 saturated heterocycles. The molecule has 0 aliphatic carbocycles. The first kappa shape index (κ1) is 12.2. The third kappa shape index (κ3) is 5.42. The average molecular weight is 199 g/mol. The van der Waals surface area contributed by atoms with Gasteiger partial charge in [0.25, 0.3) is 0 Å². The van der Waals surface area contributed by atoms with E-state index in [2.05, 4.69) is 6.58 Å². The fourth-order valence-corrected chi connectivity index (χ4v) is 1.00. The highest BCUT2D eigenvalue weighted by Gasteiger charge is 1.98. The van der Waals surface area contributed by atoms with Crippen molar-refractivity contribution in [2.75, 3.05) is 0 Å². The molecule has 13 heavy (non-hydrogen) atoms. The summed E-state index contributed by atoms with van der Waals surface area (Å²) in [5, 5.41) is 0.637. The van der Waals surface area contributed by atoms with Gasteiger partial charge in [-0.1, -0.05) is 29.8 Å². The maximum atomic E-state index is 10.1. The third-order valence-corrected chi connectivity index (χ3v) is 2.09. The lowest BCUT2D eigenvalue weighted by atomic mass is 10.1. The lowest BCUT2D eigenvalue weighted by Gasteiger charge is -2.01. The Labute approximate surface area is 84.8 Å². The summed E-state index contributed by atoms with van der Waals surface area (Å²) < 4.78 is 0. The Bertz CT molecular complexity index is 249. The van der Waals surface area contributed by atoms with Crippen LogP contribution in [-0.2, 0) is 4.79 Å². The van der Waals surface area contributed by atoms with E-state index in [4.69, 9.17) is 11.6 Å². The van der Waals surface area contributed by atoms with E-state index in [1.807, 2.05) is 26.0 Å². The van der Waals surface area contributed by atoms with E-state index in [-0.39, 0.29) is 0 Å². The number of rotatable bonds is 5. The fraction of sp³-hybridized carbons (Fsp3) is 0.364. The molecule has 0 spiro atoms. The highest BCUT2D eigenvalue weighted by Crippen LogP contribution is 2.19. The summed E-state index contributed by atoms with van der Waals surface area (Å²) in [7, 11) is 0. The first-order chi connectivity index (χ1) is 6.11. The van der Waals surface area contributed by atoms with Gasteiger partial charge in [-0.3, -0.25) is 0 Å². The Morgan fingerprint density at radius 2 is 2.15 bits per heavy atom. The van der Waals surface area contributed by atoms with Crippen LogP contribution in [-0.4, -0.2) is 6.29 Å². The number of halogens is 1. The minimum Gasteiger partial charge on any atom is -0.303 e. The molecule has 2 heteroatoms. The van der Waals surface area contributed by atoms with E-state index in [1.165, 1.54) is 0 Å². The molecule has 0 radical (unpaired) electrons. The van der Waals surface area contributed by atoms with Gasteiger partial charge in [0, 0.05) is 11.5 Å². The number of hydrogen-bond acceptors (Lipinski definition) is 1. The van der Waals surface area contributed by atoms with Crippen molar-refractivity contribution < 1.29 is 4.79 Å². The molecule has 72 valence electrons. The van der Waals surface area contributed by atoms with E-state index in [1.54, 1.807) is 0 Å². The van der Waals surface area contributed by atoms with E-state index in [9.17, 15) is 4.79 Å². The van der Waals surface area contributed by atoms with Crippen LogP contribution in [0.15, 0.2) is 34.9 Å². The van der Waals surface area contributed by atoms with E-state index in [0.29, 0.717) is 17.9 Å². The smallest absolute Gasteiger partial charge is 0.120 e. The van der Waals surface area contributed by atoms with Crippen LogP contribution < -0.4 is 0 Å². The summed E-state index contributed by atoms with van der Waals surface area (Å²) in [5.41, 5.74) is 1.91. The molecule has 0 unspecified atom stereocenters. The number of aldehydes is 1. The second-order valence-corrected chi connectivity index (χ2v) is 3.24. The zero-order valence-electron chi connectivity index (χ0n) is 8.14. The molecule has 0 fully saturated rings. The van der Waals surface area contributed by atoms with Gasteiger partial charge in [0.2, 0.25) is 0 Å². The summed E-state index contributed by atoms with van der Waals surface area (Å²) >= 11 is 5.95. The number of allylic oxidation sites excluding steroid dienone is 5. The second-order valence-electron chi connectivity index (χ2n) is 2.83. The van der Waals surface area contributed by atoms with Crippen molar-refractivity contribution in [3.05, 3.63) is 34.9 Å². The molecular formula is C11H15ClO. The zero-order valence-corrected chi connectivity index (χ0v) is 8.90. The van der Waals surface area contributed by atoms with Gasteiger partial charge in [-0.15, -0.1) is 0 Å². The maximum Gasteiger partial charge on any atom is 0.120 e. The maximum absolute atomic E-state index is 10.1. The Morgan fingerprint density at radius 3 is 2.62 bits per heavy atom. The van der Waals surface area contributed by atoms with Crippen LogP contribution >= 0.6 is 11.6 Å².